The van der Waals surface area contributed by atoms with Gasteiger partial charge >= 0.3 is 0 Å². The summed E-state index contributed by atoms with van der Waals surface area (Å²) in [5, 5.41) is 0. The lowest BCUT2D eigenvalue weighted by Gasteiger charge is -2.20. The van der Waals surface area contributed by atoms with Crippen molar-refractivity contribution in [2.75, 3.05) is 0 Å². The largest absolute Gasteiger partial charge is 0.369 e. The number of benzene rings is 1. The van der Waals surface area contributed by atoms with Crippen molar-refractivity contribution in [1.29, 1.82) is 0 Å². The molecular formula is C18H29NO. The number of amides is 1. The number of hydrogen-bond acceptors (Lipinski definition) is 1. The van der Waals surface area contributed by atoms with Crippen LogP contribution in [0.15, 0.2) is 24.3 Å². The summed E-state index contributed by atoms with van der Waals surface area (Å²) >= 11 is 0. The number of nitrogens with two attached hydrogens (primary N) is 1. The van der Waals surface area contributed by atoms with E-state index in [1.165, 1.54) is 50.5 Å². The van der Waals surface area contributed by atoms with E-state index in [1.807, 2.05) is 6.07 Å². The predicted octanol–water partition coefficient (Wildman–Crippen LogP) is 4.57. The van der Waals surface area contributed by atoms with Gasteiger partial charge in [-0.25, -0.2) is 0 Å². The van der Waals surface area contributed by atoms with E-state index in [2.05, 4.69) is 32.0 Å². The maximum Gasteiger partial charge on any atom is 0.221 e. The highest BCUT2D eigenvalue weighted by molar-refractivity contribution is 5.77. The summed E-state index contributed by atoms with van der Waals surface area (Å²) in [5.41, 5.74) is 7.83. The van der Waals surface area contributed by atoms with Crippen LogP contribution in [0.1, 0.15) is 75.8 Å². The van der Waals surface area contributed by atoms with Crippen molar-refractivity contribution in [1.82, 2.24) is 0 Å². The Balaban J connectivity index is 2.76. The lowest BCUT2D eigenvalue weighted by Crippen LogP contribution is -2.15. The molecule has 1 unspecified atom stereocenters. The number of primary amides is 1. The first-order valence-electron chi connectivity index (χ1n) is 8.05. The lowest BCUT2D eigenvalue weighted by atomic mass is 9.85. The van der Waals surface area contributed by atoms with Crippen molar-refractivity contribution in [2.24, 2.45) is 5.73 Å². The minimum absolute atomic E-state index is 0.237. The molecule has 2 N–H and O–H groups in total. The summed E-state index contributed by atoms with van der Waals surface area (Å²) in [5.74, 6) is 0.339. The summed E-state index contributed by atoms with van der Waals surface area (Å²) < 4.78 is 0. The van der Waals surface area contributed by atoms with Crippen LogP contribution in [0.3, 0.4) is 0 Å². The van der Waals surface area contributed by atoms with Crippen molar-refractivity contribution in [2.45, 2.75) is 71.1 Å². The third kappa shape index (κ3) is 5.77. The molecule has 0 radical (unpaired) electrons. The molecule has 0 heterocycles. The van der Waals surface area contributed by atoms with Gasteiger partial charge in [0.05, 0.1) is 6.42 Å². The van der Waals surface area contributed by atoms with Gasteiger partial charge in [-0.1, -0.05) is 70.2 Å². The van der Waals surface area contributed by atoms with E-state index < -0.39 is 0 Å². The maximum atomic E-state index is 11.2. The fourth-order valence-electron chi connectivity index (χ4n) is 2.90. The van der Waals surface area contributed by atoms with E-state index in [1.54, 1.807) is 0 Å². The Morgan fingerprint density at radius 2 is 1.80 bits per heavy atom. The van der Waals surface area contributed by atoms with Gasteiger partial charge in [0.15, 0.2) is 0 Å². The van der Waals surface area contributed by atoms with E-state index in [4.69, 9.17) is 5.73 Å². The van der Waals surface area contributed by atoms with Gasteiger partial charge in [-0.3, -0.25) is 4.79 Å². The van der Waals surface area contributed by atoms with Crippen molar-refractivity contribution in [3.63, 3.8) is 0 Å². The van der Waals surface area contributed by atoms with Gasteiger partial charge in [-0.05, 0) is 29.9 Å². The van der Waals surface area contributed by atoms with Gasteiger partial charge in [0, 0.05) is 0 Å². The molecule has 1 rings (SSSR count). The van der Waals surface area contributed by atoms with Crippen LogP contribution in [0.5, 0.6) is 0 Å². The summed E-state index contributed by atoms with van der Waals surface area (Å²) in [6.45, 7) is 4.47. The minimum atomic E-state index is -0.237. The number of carbonyl (C=O) groups excluding carboxylic acids is 1. The predicted molar refractivity (Wildman–Crippen MR) is 85.7 cm³/mol. The molecule has 20 heavy (non-hydrogen) atoms. The summed E-state index contributed by atoms with van der Waals surface area (Å²) in [6, 6.07) is 8.31. The van der Waals surface area contributed by atoms with Crippen LogP contribution in [0.4, 0.5) is 0 Å². The molecule has 2 heteroatoms. The van der Waals surface area contributed by atoms with Crippen molar-refractivity contribution < 1.29 is 4.79 Å². The standard InChI is InChI=1S/C18H29NO/c1-3-5-6-7-11-15(10-4-2)17-13-9-8-12-16(17)14-18(19)20/h8-9,12-13,15H,3-7,10-11,14H2,1-2H3,(H2,19,20). The molecule has 112 valence electrons. The van der Waals surface area contributed by atoms with Crippen LogP contribution >= 0.6 is 0 Å². The highest BCUT2D eigenvalue weighted by Crippen LogP contribution is 2.30. The second-order valence-corrected chi connectivity index (χ2v) is 5.68. The zero-order valence-electron chi connectivity index (χ0n) is 13.0. The first-order valence-corrected chi connectivity index (χ1v) is 8.05. The summed E-state index contributed by atoms with van der Waals surface area (Å²) in [7, 11) is 0. The number of rotatable bonds is 10. The summed E-state index contributed by atoms with van der Waals surface area (Å²) in [4.78, 5) is 11.2. The maximum absolute atomic E-state index is 11.2. The van der Waals surface area contributed by atoms with E-state index in [0.29, 0.717) is 12.3 Å². The molecule has 0 aromatic heterocycles. The lowest BCUT2D eigenvalue weighted by molar-refractivity contribution is -0.117. The van der Waals surface area contributed by atoms with Gasteiger partial charge in [0.1, 0.15) is 0 Å². The molecule has 1 amide bonds. The number of unbranched alkanes of at least 4 members (excludes halogenated alkanes) is 3. The van der Waals surface area contributed by atoms with E-state index >= 15 is 0 Å². The third-order valence-corrected chi connectivity index (χ3v) is 3.90. The zero-order chi connectivity index (χ0) is 14.8. The number of hydrogen-bond donors (Lipinski definition) is 1. The molecule has 0 saturated carbocycles. The number of carbonyl (C=O) groups is 1. The fraction of sp³-hybridized carbons (Fsp3) is 0.611. The Hall–Kier alpha value is -1.31. The van der Waals surface area contributed by atoms with Crippen LogP contribution in [-0.2, 0) is 11.2 Å². The molecule has 0 aliphatic carbocycles. The van der Waals surface area contributed by atoms with Gasteiger partial charge in [0.25, 0.3) is 0 Å². The smallest absolute Gasteiger partial charge is 0.221 e. The zero-order valence-corrected chi connectivity index (χ0v) is 13.0. The average molecular weight is 275 g/mol. The molecule has 0 spiro atoms. The second kappa shape index (κ2) is 9.57. The van der Waals surface area contributed by atoms with Gasteiger partial charge in [0.2, 0.25) is 5.91 Å². The Morgan fingerprint density at radius 3 is 2.45 bits per heavy atom. The van der Waals surface area contributed by atoms with Crippen LogP contribution in [-0.4, -0.2) is 5.91 Å². The molecule has 1 aromatic carbocycles. The third-order valence-electron chi connectivity index (χ3n) is 3.90. The van der Waals surface area contributed by atoms with Crippen LogP contribution in [0, 0.1) is 0 Å². The van der Waals surface area contributed by atoms with Gasteiger partial charge in [-0.15, -0.1) is 0 Å². The van der Waals surface area contributed by atoms with Crippen LogP contribution < -0.4 is 5.73 Å². The van der Waals surface area contributed by atoms with Gasteiger partial charge < -0.3 is 5.73 Å². The van der Waals surface area contributed by atoms with Crippen molar-refractivity contribution in [3.05, 3.63) is 35.4 Å². The monoisotopic (exact) mass is 275 g/mol. The highest BCUT2D eigenvalue weighted by Gasteiger charge is 2.15. The molecule has 0 saturated heterocycles. The van der Waals surface area contributed by atoms with Crippen LogP contribution in [0.2, 0.25) is 0 Å². The molecule has 1 aromatic rings. The molecular weight excluding hydrogens is 246 g/mol. The minimum Gasteiger partial charge on any atom is -0.369 e. The molecule has 0 fully saturated rings. The Labute approximate surface area is 123 Å². The van der Waals surface area contributed by atoms with Crippen LogP contribution in [0.25, 0.3) is 0 Å². The van der Waals surface area contributed by atoms with E-state index in [9.17, 15) is 4.79 Å². The topological polar surface area (TPSA) is 43.1 Å². The summed E-state index contributed by atoms with van der Waals surface area (Å²) in [6.07, 6.45) is 9.16. The SMILES string of the molecule is CCCCCCC(CCC)c1ccccc1CC(N)=O. The van der Waals surface area contributed by atoms with Crippen molar-refractivity contribution >= 4 is 5.91 Å². The average Bonchev–Trinajstić information content (AvgIpc) is 2.42. The molecule has 0 aliphatic rings. The molecule has 2 nitrogen and oxygen atoms in total. The Morgan fingerprint density at radius 1 is 1.05 bits per heavy atom. The van der Waals surface area contributed by atoms with Crippen molar-refractivity contribution in [3.8, 4) is 0 Å². The normalized spacial score (nSPS) is 12.3. The van der Waals surface area contributed by atoms with E-state index in [-0.39, 0.29) is 5.91 Å². The Bertz CT molecular complexity index is 400. The van der Waals surface area contributed by atoms with E-state index in [0.717, 1.165) is 5.56 Å². The molecule has 1 atom stereocenters. The first-order chi connectivity index (χ1) is 9.69. The first kappa shape index (κ1) is 16.7. The quantitative estimate of drug-likeness (QED) is 0.624. The van der Waals surface area contributed by atoms with Gasteiger partial charge in [-0.2, -0.15) is 0 Å². The second-order valence-electron chi connectivity index (χ2n) is 5.68. The fourth-order valence-corrected chi connectivity index (χ4v) is 2.90. The Kier molecular flexibility index (Phi) is 8.01. The highest BCUT2D eigenvalue weighted by atomic mass is 16.1. The molecule has 0 aliphatic heterocycles. The molecule has 0 bridgehead atoms.